The number of rotatable bonds is 6. The van der Waals surface area contributed by atoms with Crippen LogP contribution in [0.4, 0.5) is 5.69 Å². The molecule has 1 heterocycles. The molecule has 0 saturated heterocycles. The molecule has 0 bridgehead atoms. The average Bonchev–Trinajstić information content (AvgIpc) is 2.67. The van der Waals surface area contributed by atoms with E-state index in [0.29, 0.717) is 10.8 Å². The van der Waals surface area contributed by atoms with Gasteiger partial charge in [-0.3, -0.25) is 4.79 Å². The molecule has 1 aliphatic rings. The van der Waals surface area contributed by atoms with Crippen molar-refractivity contribution in [2.75, 3.05) is 18.1 Å². The summed E-state index contributed by atoms with van der Waals surface area (Å²) in [7, 11) is 0. The second-order valence-electron chi connectivity index (χ2n) is 7.66. The third kappa shape index (κ3) is 5.05. The molecule has 0 spiro atoms. The Labute approximate surface area is 190 Å². The normalized spacial score (nSPS) is 15.0. The Hall–Kier alpha value is -2.31. The highest BCUT2D eigenvalue weighted by Gasteiger charge is 2.30. The SMILES string of the molecule is CCN1c2cc(Cl)c(/C=N/NC(=O)COc3cccc(Br)c3)cc2C(C)=CC1(C)C. The van der Waals surface area contributed by atoms with Crippen molar-refractivity contribution in [1.82, 2.24) is 5.43 Å². The highest BCUT2D eigenvalue weighted by molar-refractivity contribution is 9.10. The van der Waals surface area contributed by atoms with Crippen LogP contribution in [-0.4, -0.2) is 30.8 Å². The molecular formula is C23H25BrClN3O2. The maximum Gasteiger partial charge on any atom is 0.277 e. The van der Waals surface area contributed by atoms with Gasteiger partial charge in [0.2, 0.25) is 0 Å². The Kier molecular flexibility index (Phi) is 6.88. The number of halogens is 2. The van der Waals surface area contributed by atoms with Crippen LogP contribution in [0, 0.1) is 0 Å². The first-order chi connectivity index (χ1) is 14.2. The number of hydrazone groups is 1. The lowest BCUT2D eigenvalue weighted by Gasteiger charge is -2.43. The van der Waals surface area contributed by atoms with Gasteiger partial charge < -0.3 is 9.64 Å². The molecular weight excluding hydrogens is 466 g/mol. The number of likely N-dealkylation sites (N-methyl/N-ethyl adjacent to an activating group) is 1. The molecule has 0 radical (unpaired) electrons. The van der Waals surface area contributed by atoms with Crippen LogP contribution in [0.15, 0.2) is 52.0 Å². The van der Waals surface area contributed by atoms with Gasteiger partial charge in [0.15, 0.2) is 6.61 Å². The van der Waals surface area contributed by atoms with Gasteiger partial charge in [-0.1, -0.05) is 39.7 Å². The second-order valence-corrected chi connectivity index (χ2v) is 8.98. The smallest absolute Gasteiger partial charge is 0.277 e. The van der Waals surface area contributed by atoms with Crippen molar-refractivity contribution < 1.29 is 9.53 Å². The third-order valence-electron chi connectivity index (χ3n) is 4.97. The van der Waals surface area contributed by atoms with Crippen LogP contribution in [0.1, 0.15) is 38.8 Å². The van der Waals surface area contributed by atoms with Crippen molar-refractivity contribution >= 4 is 50.9 Å². The predicted molar refractivity (Wildman–Crippen MR) is 128 cm³/mol. The summed E-state index contributed by atoms with van der Waals surface area (Å²) in [6, 6.07) is 11.3. The molecule has 1 N–H and O–H groups in total. The summed E-state index contributed by atoms with van der Waals surface area (Å²) in [6.45, 7) is 9.37. The standard InChI is InChI=1S/C23H25BrClN3O2/c1-5-28-21-11-20(25)16(9-19(21)15(2)12-23(28,3)4)13-26-27-22(29)14-30-18-8-6-7-17(24)10-18/h6-13H,5,14H2,1-4H3,(H,27,29)/b26-13+. The van der Waals surface area contributed by atoms with E-state index in [9.17, 15) is 4.79 Å². The zero-order chi connectivity index (χ0) is 21.9. The number of hydrogen-bond donors (Lipinski definition) is 1. The average molecular weight is 491 g/mol. The number of hydrogen-bond acceptors (Lipinski definition) is 4. The van der Waals surface area contributed by atoms with Gasteiger partial charge in [-0.15, -0.1) is 0 Å². The number of ether oxygens (including phenoxy) is 1. The molecule has 1 aliphatic heterocycles. The number of carbonyl (C=O) groups is 1. The highest BCUT2D eigenvalue weighted by Crippen LogP contribution is 2.40. The Bertz CT molecular complexity index is 1020. The van der Waals surface area contributed by atoms with Gasteiger partial charge in [-0.05, 0) is 63.6 Å². The van der Waals surface area contributed by atoms with Gasteiger partial charge in [-0.25, -0.2) is 5.43 Å². The maximum atomic E-state index is 12.0. The number of nitrogens with zero attached hydrogens (tertiary/aromatic N) is 2. The molecule has 2 aromatic rings. The van der Waals surface area contributed by atoms with Gasteiger partial charge in [0, 0.05) is 27.8 Å². The first-order valence-electron chi connectivity index (χ1n) is 9.72. The fourth-order valence-electron chi connectivity index (χ4n) is 3.70. The van der Waals surface area contributed by atoms with Gasteiger partial charge in [-0.2, -0.15) is 5.10 Å². The van der Waals surface area contributed by atoms with E-state index in [1.807, 2.05) is 24.3 Å². The van der Waals surface area contributed by atoms with Crippen molar-refractivity contribution in [3.8, 4) is 5.75 Å². The lowest BCUT2D eigenvalue weighted by Crippen LogP contribution is -2.44. The molecule has 158 valence electrons. The summed E-state index contributed by atoms with van der Waals surface area (Å²) in [5, 5.41) is 4.63. The van der Waals surface area contributed by atoms with Crippen LogP contribution in [0.2, 0.25) is 5.02 Å². The minimum absolute atomic E-state index is 0.0763. The Balaban J connectivity index is 1.69. The van der Waals surface area contributed by atoms with Crippen LogP contribution in [0.3, 0.4) is 0 Å². The maximum absolute atomic E-state index is 12.0. The number of benzene rings is 2. The van der Waals surface area contributed by atoms with E-state index in [-0.39, 0.29) is 18.1 Å². The molecule has 0 unspecified atom stereocenters. The molecule has 1 amide bonds. The summed E-state index contributed by atoms with van der Waals surface area (Å²) in [5.74, 6) is 0.252. The molecule has 0 aliphatic carbocycles. The van der Waals surface area contributed by atoms with E-state index >= 15 is 0 Å². The lowest BCUT2D eigenvalue weighted by atomic mass is 9.88. The van der Waals surface area contributed by atoms with Gasteiger partial charge in [0.05, 0.1) is 16.8 Å². The minimum Gasteiger partial charge on any atom is -0.484 e. The van der Waals surface area contributed by atoms with Crippen molar-refractivity contribution in [2.45, 2.75) is 33.2 Å². The van der Waals surface area contributed by atoms with Crippen molar-refractivity contribution in [3.63, 3.8) is 0 Å². The first kappa shape index (κ1) is 22.4. The highest BCUT2D eigenvalue weighted by atomic mass is 79.9. The lowest BCUT2D eigenvalue weighted by molar-refractivity contribution is -0.123. The van der Waals surface area contributed by atoms with E-state index < -0.39 is 0 Å². The first-order valence-corrected chi connectivity index (χ1v) is 10.9. The molecule has 5 nitrogen and oxygen atoms in total. The zero-order valence-electron chi connectivity index (χ0n) is 17.5. The second kappa shape index (κ2) is 9.23. The Morgan fingerprint density at radius 1 is 1.33 bits per heavy atom. The van der Waals surface area contributed by atoms with Crippen LogP contribution >= 0.6 is 27.5 Å². The number of fused-ring (bicyclic) bond motifs is 1. The summed E-state index contributed by atoms with van der Waals surface area (Å²) >= 11 is 9.88. The van der Waals surface area contributed by atoms with Crippen molar-refractivity contribution in [1.29, 1.82) is 0 Å². The number of carbonyl (C=O) groups excluding carboxylic acids is 1. The largest absolute Gasteiger partial charge is 0.484 e. The number of anilines is 1. The molecule has 0 atom stereocenters. The van der Waals surface area contributed by atoms with Gasteiger partial charge >= 0.3 is 0 Å². The number of amides is 1. The fraction of sp³-hybridized carbons (Fsp3) is 0.304. The Morgan fingerprint density at radius 2 is 2.10 bits per heavy atom. The van der Waals surface area contributed by atoms with Crippen LogP contribution < -0.4 is 15.1 Å². The van der Waals surface area contributed by atoms with Crippen molar-refractivity contribution in [2.24, 2.45) is 5.10 Å². The van der Waals surface area contributed by atoms with Gasteiger partial charge in [0.1, 0.15) is 5.75 Å². The minimum atomic E-state index is -0.352. The third-order valence-corrected chi connectivity index (χ3v) is 5.79. The number of allylic oxidation sites excluding steroid dienone is 1. The number of nitrogens with one attached hydrogen (secondary N) is 1. The van der Waals surface area contributed by atoms with E-state index in [4.69, 9.17) is 16.3 Å². The monoisotopic (exact) mass is 489 g/mol. The molecule has 0 saturated carbocycles. The van der Waals surface area contributed by atoms with Crippen LogP contribution in [-0.2, 0) is 4.79 Å². The van der Waals surface area contributed by atoms with E-state index in [0.717, 1.165) is 27.8 Å². The molecule has 0 fully saturated rings. The van der Waals surface area contributed by atoms with Gasteiger partial charge in [0.25, 0.3) is 5.91 Å². The van der Waals surface area contributed by atoms with E-state index in [2.05, 4.69) is 65.1 Å². The molecule has 0 aromatic heterocycles. The van der Waals surface area contributed by atoms with E-state index in [1.165, 1.54) is 5.57 Å². The van der Waals surface area contributed by atoms with Crippen molar-refractivity contribution in [3.05, 3.63) is 63.1 Å². The van der Waals surface area contributed by atoms with E-state index in [1.54, 1.807) is 18.3 Å². The quantitative estimate of drug-likeness (QED) is 0.420. The van der Waals surface area contributed by atoms with Crippen LogP contribution in [0.5, 0.6) is 5.75 Å². The molecule has 2 aromatic carbocycles. The topological polar surface area (TPSA) is 53.9 Å². The Morgan fingerprint density at radius 3 is 2.80 bits per heavy atom. The molecule has 3 rings (SSSR count). The summed E-state index contributed by atoms with van der Waals surface area (Å²) < 4.78 is 6.34. The molecule has 7 heteroatoms. The summed E-state index contributed by atoms with van der Waals surface area (Å²) in [5.41, 5.74) is 6.56. The summed E-state index contributed by atoms with van der Waals surface area (Å²) in [4.78, 5) is 14.3. The predicted octanol–water partition coefficient (Wildman–Crippen LogP) is 5.65. The fourth-order valence-corrected chi connectivity index (χ4v) is 4.29. The zero-order valence-corrected chi connectivity index (χ0v) is 19.8. The van der Waals surface area contributed by atoms with Crippen LogP contribution in [0.25, 0.3) is 5.57 Å². The summed E-state index contributed by atoms with van der Waals surface area (Å²) in [6.07, 6.45) is 3.82. The molecule has 30 heavy (non-hydrogen) atoms.